The van der Waals surface area contributed by atoms with E-state index in [4.69, 9.17) is 9.52 Å². The summed E-state index contributed by atoms with van der Waals surface area (Å²) in [4.78, 5) is 11.2. The molecule has 2 heterocycles. The zero-order valence-electron chi connectivity index (χ0n) is 11.1. The lowest BCUT2D eigenvalue weighted by atomic mass is 10.2. The van der Waals surface area contributed by atoms with Crippen LogP contribution in [-0.4, -0.2) is 20.9 Å². The van der Waals surface area contributed by atoms with E-state index in [1.807, 2.05) is 37.3 Å². The van der Waals surface area contributed by atoms with Gasteiger partial charge in [0.2, 0.25) is 0 Å². The quantitative estimate of drug-likeness (QED) is 0.780. The van der Waals surface area contributed by atoms with E-state index in [2.05, 4.69) is 21.0 Å². The molecule has 2 aromatic heterocycles. The van der Waals surface area contributed by atoms with Gasteiger partial charge in [0.1, 0.15) is 11.5 Å². The van der Waals surface area contributed by atoms with Crippen LogP contribution in [0.25, 0.3) is 17.1 Å². The summed E-state index contributed by atoms with van der Waals surface area (Å²) < 4.78 is 8.03. The zero-order chi connectivity index (χ0) is 15.0. The van der Waals surface area contributed by atoms with Crippen LogP contribution in [0.5, 0.6) is 0 Å². The van der Waals surface area contributed by atoms with Gasteiger partial charge in [-0.2, -0.15) is 5.10 Å². The Morgan fingerprint density at radius 3 is 2.71 bits per heavy atom. The summed E-state index contributed by atoms with van der Waals surface area (Å²) in [7, 11) is 0. The number of hydrogen-bond acceptors (Lipinski definition) is 3. The van der Waals surface area contributed by atoms with Crippen molar-refractivity contribution in [2.75, 3.05) is 0 Å². The van der Waals surface area contributed by atoms with Crippen molar-refractivity contribution in [3.05, 3.63) is 58.4 Å². The molecule has 3 aromatic rings. The summed E-state index contributed by atoms with van der Waals surface area (Å²) in [5.74, 6) is 0.254. The largest absolute Gasteiger partial charge is 0.476 e. The number of aromatic nitrogens is 2. The van der Waals surface area contributed by atoms with Crippen molar-refractivity contribution in [3.8, 4) is 17.1 Å². The monoisotopic (exact) mass is 346 g/mol. The maximum absolute atomic E-state index is 11.2. The Hall–Kier alpha value is -2.34. The molecule has 0 radical (unpaired) electrons. The summed E-state index contributed by atoms with van der Waals surface area (Å²) in [5, 5.41) is 13.3. The summed E-state index contributed by atoms with van der Waals surface area (Å²) in [6.45, 7) is 1.83. The zero-order valence-corrected chi connectivity index (χ0v) is 12.7. The van der Waals surface area contributed by atoms with Crippen LogP contribution in [0, 0.1) is 6.92 Å². The first kappa shape index (κ1) is 13.6. The molecule has 0 saturated carbocycles. The maximum Gasteiger partial charge on any atom is 0.356 e. The number of hydrogen-bond donors (Lipinski definition) is 1. The molecule has 0 spiro atoms. The van der Waals surface area contributed by atoms with Crippen LogP contribution in [0.2, 0.25) is 0 Å². The topological polar surface area (TPSA) is 68.3 Å². The van der Waals surface area contributed by atoms with Crippen LogP contribution in [0.4, 0.5) is 0 Å². The smallest absolute Gasteiger partial charge is 0.356 e. The Morgan fingerprint density at radius 1 is 1.29 bits per heavy atom. The number of aromatic carboxylic acids is 1. The molecule has 0 unspecified atom stereocenters. The van der Waals surface area contributed by atoms with Gasteiger partial charge in [0, 0.05) is 10.5 Å². The van der Waals surface area contributed by atoms with E-state index in [0.717, 1.165) is 15.9 Å². The minimum atomic E-state index is -1.08. The lowest BCUT2D eigenvalue weighted by Crippen LogP contribution is -2.02. The van der Waals surface area contributed by atoms with Crippen LogP contribution in [0.15, 0.2) is 51.4 Å². The Morgan fingerprint density at radius 2 is 2.10 bits per heavy atom. The van der Waals surface area contributed by atoms with Gasteiger partial charge in [0.05, 0.1) is 5.69 Å². The molecular weight excluding hydrogens is 336 g/mol. The number of carbonyl (C=O) groups is 1. The van der Waals surface area contributed by atoms with Crippen LogP contribution < -0.4 is 0 Å². The van der Waals surface area contributed by atoms with Crippen LogP contribution in [0.3, 0.4) is 0 Å². The molecule has 0 bridgehead atoms. The fourth-order valence-electron chi connectivity index (χ4n) is 2.04. The molecule has 0 atom stereocenters. The van der Waals surface area contributed by atoms with Gasteiger partial charge >= 0.3 is 5.97 Å². The molecule has 0 aliphatic heterocycles. The number of furan rings is 1. The predicted molar refractivity (Wildman–Crippen MR) is 80.7 cm³/mol. The van der Waals surface area contributed by atoms with E-state index in [-0.39, 0.29) is 5.69 Å². The van der Waals surface area contributed by atoms with Crippen molar-refractivity contribution in [2.24, 2.45) is 0 Å². The van der Waals surface area contributed by atoms with E-state index in [1.54, 1.807) is 10.7 Å². The molecule has 0 aliphatic rings. The first-order valence-corrected chi connectivity index (χ1v) is 7.00. The van der Waals surface area contributed by atoms with Crippen molar-refractivity contribution in [2.45, 2.75) is 6.92 Å². The van der Waals surface area contributed by atoms with Gasteiger partial charge < -0.3 is 9.52 Å². The fourth-order valence-corrected chi connectivity index (χ4v) is 2.43. The third-order valence-electron chi connectivity index (χ3n) is 2.97. The van der Waals surface area contributed by atoms with E-state index in [1.165, 1.54) is 6.07 Å². The molecule has 1 aromatic carbocycles. The highest BCUT2D eigenvalue weighted by Gasteiger charge is 2.18. The minimum Gasteiger partial charge on any atom is -0.476 e. The van der Waals surface area contributed by atoms with E-state index < -0.39 is 5.97 Å². The van der Waals surface area contributed by atoms with Crippen molar-refractivity contribution in [3.63, 3.8) is 0 Å². The van der Waals surface area contributed by atoms with E-state index in [0.29, 0.717) is 11.5 Å². The van der Waals surface area contributed by atoms with E-state index in [9.17, 15) is 4.79 Å². The van der Waals surface area contributed by atoms with Gasteiger partial charge in [0.15, 0.2) is 11.5 Å². The summed E-state index contributed by atoms with van der Waals surface area (Å²) in [6, 6.07) is 12.6. The number of carboxylic acids is 1. The third-order valence-corrected chi connectivity index (χ3v) is 3.47. The molecular formula is C15H11BrN2O3. The van der Waals surface area contributed by atoms with Gasteiger partial charge in [-0.1, -0.05) is 22.0 Å². The SMILES string of the molecule is Cc1ccc(-c2cc(C(=O)O)nn2-c2cccc(Br)c2)o1. The van der Waals surface area contributed by atoms with Gasteiger partial charge in [-0.25, -0.2) is 9.48 Å². The maximum atomic E-state index is 11.2. The van der Waals surface area contributed by atoms with Gasteiger partial charge in [-0.05, 0) is 37.3 Å². The molecule has 5 nitrogen and oxygen atoms in total. The van der Waals surface area contributed by atoms with Crippen molar-refractivity contribution >= 4 is 21.9 Å². The van der Waals surface area contributed by atoms with Gasteiger partial charge in [-0.15, -0.1) is 0 Å². The summed E-state index contributed by atoms with van der Waals surface area (Å²) in [6.07, 6.45) is 0. The molecule has 106 valence electrons. The second kappa shape index (κ2) is 5.21. The van der Waals surface area contributed by atoms with E-state index >= 15 is 0 Å². The third kappa shape index (κ3) is 2.62. The predicted octanol–water partition coefficient (Wildman–Crippen LogP) is 3.90. The molecule has 3 rings (SSSR count). The molecule has 21 heavy (non-hydrogen) atoms. The Labute approximate surface area is 129 Å². The van der Waals surface area contributed by atoms with Crippen LogP contribution in [-0.2, 0) is 0 Å². The van der Waals surface area contributed by atoms with Gasteiger partial charge in [0.25, 0.3) is 0 Å². The molecule has 0 fully saturated rings. The number of nitrogens with zero attached hydrogens (tertiary/aromatic N) is 2. The van der Waals surface area contributed by atoms with Crippen LogP contribution >= 0.6 is 15.9 Å². The highest BCUT2D eigenvalue weighted by atomic mass is 79.9. The number of benzene rings is 1. The van der Waals surface area contributed by atoms with Crippen LogP contribution in [0.1, 0.15) is 16.2 Å². The second-order valence-corrected chi connectivity index (χ2v) is 5.44. The highest BCUT2D eigenvalue weighted by Crippen LogP contribution is 2.27. The molecule has 1 N–H and O–H groups in total. The van der Waals surface area contributed by atoms with Gasteiger partial charge in [-0.3, -0.25) is 0 Å². The fraction of sp³-hybridized carbons (Fsp3) is 0.0667. The standard InChI is InChI=1S/C15H11BrN2O3/c1-9-5-6-14(21-9)13-8-12(15(19)20)17-18(13)11-4-2-3-10(16)7-11/h2-8H,1H3,(H,19,20). The summed E-state index contributed by atoms with van der Waals surface area (Å²) in [5.41, 5.74) is 1.32. The molecule has 0 aliphatic carbocycles. The molecule has 0 amide bonds. The average molecular weight is 347 g/mol. The number of rotatable bonds is 3. The summed E-state index contributed by atoms with van der Waals surface area (Å²) >= 11 is 3.40. The number of halogens is 1. The minimum absolute atomic E-state index is 0.0287. The Kier molecular flexibility index (Phi) is 3.39. The lowest BCUT2D eigenvalue weighted by molar-refractivity contribution is 0.0690. The molecule has 6 heteroatoms. The normalized spacial score (nSPS) is 10.8. The Bertz CT molecular complexity index is 820. The van der Waals surface area contributed by atoms with Crippen molar-refractivity contribution in [1.29, 1.82) is 0 Å². The number of aryl methyl sites for hydroxylation is 1. The lowest BCUT2D eigenvalue weighted by Gasteiger charge is -2.05. The number of carboxylic acid groups (broad SMARTS) is 1. The Balaban J connectivity index is 2.21. The van der Waals surface area contributed by atoms with Crippen molar-refractivity contribution < 1.29 is 14.3 Å². The highest BCUT2D eigenvalue weighted by molar-refractivity contribution is 9.10. The average Bonchev–Trinajstić information content (AvgIpc) is 3.04. The second-order valence-electron chi connectivity index (χ2n) is 4.52. The first-order chi connectivity index (χ1) is 10.0. The molecule has 0 saturated heterocycles. The first-order valence-electron chi connectivity index (χ1n) is 6.21. The van der Waals surface area contributed by atoms with Crippen molar-refractivity contribution in [1.82, 2.24) is 9.78 Å².